The molecule has 1 aromatic carbocycles. The van der Waals surface area contributed by atoms with Crippen LogP contribution < -0.4 is 0 Å². The molecule has 6 aliphatic rings. The summed E-state index contributed by atoms with van der Waals surface area (Å²) < 4.78 is 0. The third-order valence-corrected chi connectivity index (χ3v) is 10.9. The van der Waals surface area contributed by atoms with Crippen LogP contribution in [0.4, 0.5) is 0 Å². The number of allylic oxidation sites excluding steroid dienone is 2. The van der Waals surface area contributed by atoms with Crippen LogP contribution in [0.15, 0.2) is 35.9 Å². The number of likely N-dealkylation sites (tertiary alicyclic amines) is 2. The highest BCUT2D eigenvalue weighted by Crippen LogP contribution is 2.59. The SMILES string of the molecule is O=C1[C@H]2[C@H](CC=C3[C@H]2C[C@H]2C(=O)N(C4CCCCC4)C(=O)[C@H]2[C@H]3c2ccccc2O)C(=O)N1C1CCCCC1. The van der Waals surface area contributed by atoms with Gasteiger partial charge in [-0.25, -0.2) is 0 Å². The van der Waals surface area contributed by atoms with Gasteiger partial charge in [0, 0.05) is 23.6 Å². The van der Waals surface area contributed by atoms with Crippen LogP contribution in [-0.2, 0) is 19.2 Å². The summed E-state index contributed by atoms with van der Waals surface area (Å²) in [6, 6.07) is 7.02. The van der Waals surface area contributed by atoms with Crippen molar-refractivity contribution in [2.24, 2.45) is 29.6 Å². The quantitative estimate of drug-likeness (QED) is 0.452. The number of carbonyl (C=O) groups excluding carboxylic acids is 4. The van der Waals surface area contributed by atoms with Crippen LogP contribution >= 0.6 is 0 Å². The van der Waals surface area contributed by atoms with Gasteiger partial charge in [-0.05, 0) is 50.5 Å². The Labute approximate surface area is 229 Å². The van der Waals surface area contributed by atoms with Gasteiger partial charge in [-0.1, -0.05) is 68.4 Å². The molecule has 7 heteroatoms. The van der Waals surface area contributed by atoms with E-state index in [0.29, 0.717) is 18.4 Å². The Bertz CT molecular complexity index is 1240. The second kappa shape index (κ2) is 9.60. The van der Waals surface area contributed by atoms with E-state index in [9.17, 15) is 24.3 Å². The molecule has 4 aliphatic carbocycles. The van der Waals surface area contributed by atoms with Crippen molar-refractivity contribution in [2.45, 2.75) is 95.1 Å². The Hall–Kier alpha value is -2.96. The van der Waals surface area contributed by atoms with E-state index in [2.05, 4.69) is 6.08 Å². The summed E-state index contributed by atoms with van der Waals surface area (Å²) >= 11 is 0. The van der Waals surface area contributed by atoms with Crippen LogP contribution in [0.25, 0.3) is 0 Å². The minimum absolute atomic E-state index is 0.0189. The number of para-hydroxylation sites is 1. The standard InChI is InChI=1S/C32H38N2O5/c35-25-14-8-7-13-21(25)26-20-15-16-22-27(31(38)33(29(22)36)18-9-3-1-4-10-18)23(20)17-24-28(26)32(39)34(30(24)37)19-11-5-2-6-12-19/h7-8,13-15,18-19,22-24,26-28,35H,1-6,9-12,16-17H2/t22-,23+,24+,26+,27-,28+/m0/s1. The number of rotatable bonds is 3. The number of nitrogens with zero attached hydrogens (tertiary/aromatic N) is 2. The molecule has 0 spiro atoms. The Morgan fingerprint density at radius 3 is 1.82 bits per heavy atom. The van der Waals surface area contributed by atoms with E-state index in [0.717, 1.165) is 69.8 Å². The average Bonchev–Trinajstić information content (AvgIpc) is 3.37. The number of amides is 4. The van der Waals surface area contributed by atoms with Crippen molar-refractivity contribution < 1.29 is 24.3 Å². The summed E-state index contributed by atoms with van der Waals surface area (Å²) in [5.74, 6) is -2.98. The van der Waals surface area contributed by atoms with E-state index >= 15 is 0 Å². The molecular formula is C32H38N2O5. The molecule has 7 rings (SSSR count). The fraction of sp³-hybridized carbons (Fsp3) is 0.625. The molecule has 5 fully saturated rings. The van der Waals surface area contributed by atoms with Gasteiger partial charge in [0.2, 0.25) is 23.6 Å². The summed E-state index contributed by atoms with van der Waals surface area (Å²) in [5.41, 5.74) is 1.62. The molecule has 4 amide bonds. The number of hydrogen-bond acceptors (Lipinski definition) is 5. The lowest BCUT2D eigenvalue weighted by atomic mass is 9.57. The molecule has 0 aromatic heterocycles. The monoisotopic (exact) mass is 530 g/mol. The fourth-order valence-corrected chi connectivity index (χ4v) is 9.13. The van der Waals surface area contributed by atoms with Gasteiger partial charge in [0.1, 0.15) is 5.75 Å². The maximum Gasteiger partial charge on any atom is 0.234 e. The third-order valence-electron chi connectivity index (χ3n) is 10.9. The van der Waals surface area contributed by atoms with E-state index < -0.39 is 29.6 Å². The van der Waals surface area contributed by atoms with Crippen LogP contribution in [0.3, 0.4) is 0 Å². The number of imide groups is 2. The number of benzene rings is 1. The largest absolute Gasteiger partial charge is 0.508 e. The van der Waals surface area contributed by atoms with Gasteiger partial charge in [0.05, 0.1) is 23.7 Å². The first-order chi connectivity index (χ1) is 19.0. The number of hydrogen-bond donors (Lipinski definition) is 1. The van der Waals surface area contributed by atoms with Crippen LogP contribution in [0.5, 0.6) is 5.75 Å². The molecule has 1 N–H and O–H groups in total. The maximum absolute atomic E-state index is 14.1. The molecule has 1 aromatic rings. The molecule has 2 heterocycles. The van der Waals surface area contributed by atoms with Crippen LogP contribution in [0.1, 0.15) is 88.5 Å². The molecule has 2 aliphatic heterocycles. The molecule has 6 atom stereocenters. The van der Waals surface area contributed by atoms with Crippen molar-refractivity contribution >= 4 is 23.6 Å². The molecule has 2 saturated heterocycles. The van der Waals surface area contributed by atoms with Crippen molar-refractivity contribution in [3.8, 4) is 5.75 Å². The van der Waals surface area contributed by atoms with Gasteiger partial charge in [-0.15, -0.1) is 0 Å². The maximum atomic E-state index is 14.1. The van der Waals surface area contributed by atoms with E-state index in [-0.39, 0.29) is 47.4 Å². The lowest BCUT2D eigenvalue weighted by Gasteiger charge is -2.44. The third kappa shape index (κ3) is 3.75. The predicted octanol–water partition coefficient (Wildman–Crippen LogP) is 4.69. The molecule has 0 bridgehead atoms. The smallest absolute Gasteiger partial charge is 0.234 e. The number of aromatic hydroxyl groups is 1. The molecule has 0 radical (unpaired) electrons. The topological polar surface area (TPSA) is 95.0 Å². The first-order valence-electron chi connectivity index (χ1n) is 15.2. The zero-order chi connectivity index (χ0) is 26.8. The minimum atomic E-state index is -0.576. The highest BCUT2D eigenvalue weighted by molar-refractivity contribution is 6.08. The minimum Gasteiger partial charge on any atom is -0.508 e. The molecule has 0 unspecified atom stereocenters. The van der Waals surface area contributed by atoms with Gasteiger partial charge in [0.15, 0.2) is 0 Å². The summed E-state index contributed by atoms with van der Waals surface area (Å²) in [6.45, 7) is 0. The van der Waals surface area contributed by atoms with Crippen molar-refractivity contribution in [2.75, 3.05) is 0 Å². The number of fused-ring (bicyclic) bond motifs is 4. The number of carbonyl (C=O) groups is 4. The Balaban J connectivity index is 1.29. The van der Waals surface area contributed by atoms with E-state index in [4.69, 9.17) is 0 Å². The van der Waals surface area contributed by atoms with Gasteiger partial charge in [0.25, 0.3) is 0 Å². The van der Waals surface area contributed by atoms with E-state index in [1.165, 1.54) is 0 Å². The zero-order valence-corrected chi connectivity index (χ0v) is 22.5. The second-order valence-electron chi connectivity index (χ2n) is 12.8. The summed E-state index contributed by atoms with van der Waals surface area (Å²) in [7, 11) is 0. The summed E-state index contributed by atoms with van der Waals surface area (Å²) in [4.78, 5) is 58.9. The molecule has 7 nitrogen and oxygen atoms in total. The van der Waals surface area contributed by atoms with Gasteiger partial charge < -0.3 is 5.11 Å². The first kappa shape index (κ1) is 25.0. The lowest BCUT2D eigenvalue weighted by molar-refractivity contribution is -0.145. The number of phenols is 1. The summed E-state index contributed by atoms with van der Waals surface area (Å²) in [5, 5.41) is 11.0. The van der Waals surface area contributed by atoms with Crippen molar-refractivity contribution in [1.29, 1.82) is 0 Å². The van der Waals surface area contributed by atoms with E-state index in [1.807, 2.05) is 12.1 Å². The van der Waals surface area contributed by atoms with Gasteiger partial charge in [-0.3, -0.25) is 29.0 Å². The first-order valence-corrected chi connectivity index (χ1v) is 15.2. The fourth-order valence-electron chi connectivity index (χ4n) is 9.13. The zero-order valence-electron chi connectivity index (χ0n) is 22.5. The van der Waals surface area contributed by atoms with Crippen LogP contribution in [0.2, 0.25) is 0 Å². The van der Waals surface area contributed by atoms with Crippen molar-refractivity contribution in [1.82, 2.24) is 9.80 Å². The van der Waals surface area contributed by atoms with Crippen LogP contribution in [0, 0.1) is 29.6 Å². The van der Waals surface area contributed by atoms with Gasteiger partial charge in [-0.2, -0.15) is 0 Å². The van der Waals surface area contributed by atoms with Crippen molar-refractivity contribution in [3.05, 3.63) is 41.5 Å². The van der Waals surface area contributed by atoms with E-state index in [1.54, 1.807) is 21.9 Å². The predicted molar refractivity (Wildman–Crippen MR) is 143 cm³/mol. The van der Waals surface area contributed by atoms with Gasteiger partial charge >= 0.3 is 0 Å². The highest BCUT2D eigenvalue weighted by atomic mass is 16.3. The Morgan fingerprint density at radius 1 is 0.641 bits per heavy atom. The molecular weight excluding hydrogens is 492 g/mol. The normalized spacial score (nSPS) is 35.6. The lowest BCUT2D eigenvalue weighted by Crippen LogP contribution is -2.44. The highest BCUT2D eigenvalue weighted by Gasteiger charge is 2.63. The number of phenolic OH excluding ortho intramolecular Hbond substituents is 1. The van der Waals surface area contributed by atoms with Crippen LogP contribution in [-0.4, -0.2) is 50.6 Å². The molecule has 206 valence electrons. The molecule has 39 heavy (non-hydrogen) atoms. The average molecular weight is 531 g/mol. The molecule has 3 saturated carbocycles. The van der Waals surface area contributed by atoms with Crippen molar-refractivity contribution in [3.63, 3.8) is 0 Å². The summed E-state index contributed by atoms with van der Waals surface area (Å²) in [6.07, 6.45) is 12.8. The second-order valence-corrected chi connectivity index (χ2v) is 12.8. The Morgan fingerprint density at radius 2 is 1.21 bits per heavy atom. The Kier molecular flexibility index (Phi) is 6.16.